The zero-order valence-corrected chi connectivity index (χ0v) is 19.8. The minimum absolute atomic E-state index is 0.241. The second-order valence-corrected chi connectivity index (χ2v) is 9.94. The molecule has 3 aromatic rings. The fraction of sp³-hybridized carbons (Fsp3) is 0.370. The van der Waals surface area contributed by atoms with Gasteiger partial charge in [-0.15, -0.1) is 11.3 Å². The fourth-order valence-electron chi connectivity index (χ4n) is 4.89. The lowest BCUT2D eigenvalue weighted by atomic mass is 10.0. The number of thiophene rings is 1. The maximum absolute atomic E-state index is 10.6. The van der Waals surface area contributed by atoms with E-state index in [4.69, 9.17) is 4.99 Å². The summed E-state index contributed by atoms with van der Waals surface area (Å²) in [7, 11) is 0. The van der Waals surface area contributed by atoms with Crippen LogP contribution in [0.15, 0.2) is 71.0 Å². The van der Waals surface area contributed by atoms with Crippen molar-refractivity contribution in [2.24, 2.45) is 4.99 Å². The summed E-state index contributed by atoms with van der Waals surface area (Å²) in [5.74, 6) is 1.09. The van der Waals surface area contributed by atoms with Crippen LogP contribution in [0.25, 0.3) is 11.1 Å². The van der Waals surface area contributed by atoms with Crippen molar-refractivity contribution < 1.29 is 5.11 Å². The molecule has 5 nitrogen and oxygen atoms in total. The van der Waals surface area contributed by atoms with E-state index in [2.05, 4.69) is 44.8 Å². The van der Waals surface area contributed by atoms with Crippen molar-refractivity contribution in [3.63, 3.8) is 0 Å². The Hall–Kier alpha value is -2.83. The summed E-state index contributed by atoms with van der Waals surface area (Å²) in [6.45, 7) is 5.11. The van der Waals surface area contributed by atoms with Crippen molar-refractivity contribution >= 4 is 23.0 Å². The van der Waals surface area contributed by atoms with Crippen molar-refractivity contribution in [1.82, 2.24) is 9.80 Å². The van der Waals surface area contributed by atoms with E-state index in [1.807, 2.05) is 30.3 Å². The number of aliphatic imine (C=N–C) groups is 1. The highest BCUT2D eigenvalue weighted by atomic mass is 32.1. The van der Waals surface area contributed by atoms with Crippen molar-refractivity contribution in [1.29, 1.82) is 0 Å². The Morgan fingerprint density at radius 1 is 0.939 bits per heavy atom. The van der Waals surface area contributed by atoms with Crippen LogP contribution >= 0.6 is 11.3 Å². The summed E-state index contributed by atoms with van der Waals surface area (Å²) in [5.41, 5.74) is 2.90. The number of piperidine rings is 1. The first kappa shape index (κ1) is 22.0. The number of aromatic hydroxyl groups is 1. The second-order valence-electron chi connectivity index (χ2n) is 8.90. The van der Waals surface area contributed by atoms with Gasteiger partial charge in [0.05, 0.1) is 12.2 Å². The van der Waals surface area contributed by atoms with Gasteiger partial charge in [0, 0.05) is 24.0 Å². The lowest BCUT2D eigenvalue weighted by molar-refractivity contribution is 0.163. The zero-order valence-electron chi connectivity index (χ0n) is 19.0. The van der Waals surface area contributed by atoms with Gasteiger partial charge in [0.15, 0.2) is 5.96 Å². The van der Waals surface area contributed by atoms with Gasteiger partial charge in [0.25, 0.3) is 0 Å². The molecule has 2 saturated heterocycles. The van der Waals surface area contributed by atoms with Crippen LogP contribution in [0.5, 0.6) is 5.75 Å². The fourth-order valence-corrected chi connectivity index (χ4v) is 5.52. The summed E-state index contributed by atoms with van der Waals surface area (Å²) in [5, 5.41) is 16.2. The molecule has 0 bridgehead atoms. The summed E-state index contributed by atoms with van der Waals surface area (Å²) >= 11 is 1.73. The van der Waals surface area contributed by atoms with Gasteiger partial charge in [-0.25, -0.2) is 4.99 Å². The van der Waals surface area contributed by atoms with Gasteiger partial charge < -0.3 is 20.2 Å². The number of hydrogen-bond acceptors (Lipinski definition) is 4. The predicted molar refractivity (Wildman–Crippen MR) is 138 cm³/mol. The zero-order chi connectivity index (χ0) is 22.5. The molecule has 0 atom stereocenters. The minimum Gasteiger partial charge on any atom is -0.506 e. The summed E-state index contributed by atoms with van der Waals surface area (Å²) in [6, 6.07) is 20.9. The average molecular weight is 461 g/mol. The van der Waals surface area contributed by atoms with E-state index in [0.717, 1.165) is 43.0 Å². The normalized spacial score (nSPS) is 18.1. The molecule has 6 heteroatoms. The molecule has 1 aromatic heterocycles. The van der Waals surface area contributed by atoms with E-state index in [0.29, 0.717) is 18.3 Å². The SMILES string of the molecule is Oc1ccc(-c2ccccc2)cc1NC(=NCc1cccs1)N1CCC(N2CCCC2)CC1. The maximum atomic E-state index is 10.6. The first-order valence-corrected chi connectivity index (χ1v) is 12.9. The molecule has 0 spiro atoms. The van der Waals surface area contributed by atoms with Gasteiger partial charge in [-0.2, -0.15) is 0 Å². The van der Waals surface area contributed by atoms with Crippen LogP contribution in [0.1, 0.15) is 30.6 Å². The Kier molecular flexibility index (Phi) is 6.93. The van der Waals surface area contributed by atoms with Gasteiger partial charge in [0.2, 0.25) is 0 Å². The molecule has 3 heterocycles. The lowest BCUT2D eigenvalue weighted by Crippen LogP contribution is -2.47. The molecular weight excluding hydrogens is 428 g/mol. The standard InChI is InChI=1S/C27H32N4OS/c32-26-11-10-22(21-7-2-1-3-8-21)19-25(26)29-27(28-20-24-9-6-18-33-24)31-16-12-23(13-17-31)30-14-4-5-15-30/h1-3,6-11,18-19,23,32H,4-5,12-17,20H2,(H,28,29). The number of nitrogens with one attached hydrogen (secondary N) is 1. The number of phenolic OH excluding ortho intramolecular Hbond substituents is 1. The third kappa shape index (κ3) is 5.40. The largest absolute Gasteiger partial charge is 0.506 e. The van der Waals surface area contributed by atoms with Crippen LogP contribution in [-0.4, -0.2) is 53.1 Å². The molecule has 2 fully saturated rings. The predicted octanol–water partition coefficient (Wildman–Crippen LogP) is 5.65. The van der Waals surface area contributed by atoms with Crippen LogP contribution in [-0.2, 0) is 6.54 Å². The number of anilines is 1. The van der Waals surface area contributed by atoms with E-state index in [9.17, 15) is 5.11 Å². The number of benzene rings is 2. The third-order valence-electron chi connectivity index (χ3n) is 6.74. The Morgan fingerprint density at radius 3 is 2.45 bits per heavy atom. The Labute approximate surface area is 200 Å². The molecule has 0 radical (unpaired) electrons. The molecule has 2 aromatic carbocycles. The quantitative estimate of drug-likeness (QED) is 0.294. The molecule has 2 N–H and O–H groups in total. The summed E-state index contributed by atoms with van der Waals surface area (Å²) in [4.78, 5) is 11.2. The van der Waals surface area contributed by atoms with Crippen molar-refractivity contribution in [2.75, 3.05) is 31.5 Å². The Balaban J connectivity index is 1.35. The maximum Gasteiger partial charge on any atom is 0.198 e. The smallest absolute Gasteiger partial charge is 0.198 e. The Morgan fingerprint density at radius 2 is 1.73 bits per heavy atom. The lowest BCUT2D eigenvalue weighted by Gasteiger charge is -2.38. The van der Waals surface area contributed by atoms with Gasteiger partial charge in [-0.1, -0.05) is 42.5 Å². The number of likely N-dealkylation sites (tertiary alicyclic amines) is 2. The van der Waals surface area contributed by atoms with Crippen LogP contribution in [0, 0.1) is 0 Å². The Bertz CT molecular complexity index is 1050. The van der Waals surface area contributed by atoms with E-state index in [-0.39, 0.29) is 5.75 Å². The summed E-state index contributed by atoms with van der Waals surface area (Å²) < 4.78 is 0. The van der Waals surface area contributed by atoms with Gasteiger partial charge in [-0.3, -0.25) is 0 Å². The van der Waals surface area contributed by atoms with Crippen LogP contribution in [0.3, 0.4) is 0 Å². The van der Waals surface area contributed by atoms with Crippen LogP contribution in [0.4, 0.5) is 5.69 Å². The molecule has 0 amide bonds. The topological polar surface area (TPSA) is 51.1 Å². The van der Waals surface area contributed by atoms with Crippen molar-refractivity contribution in [3.05, 3.63) is 70.9 Å². The molecule has 33 heavy (non-hydrogen) atoms. The molecule has 172 valence electrons. The number of phenols is 1. The highest BCUT2D eigenvalue weighted by Crippen LogP contribution is 2.30. The second kappa shape index (κ2) is 10.4. The first-order chi connectivity index (χ1) is 16.3. The summed E-state index contributed by atoms with van der Waals surface area (Å²) in [6.07, 6.45) is 5.00. The van der Waals surface area contributed by atoms with E-state index in [1.54, 1.807) is 17.4 Å². The third-order valence-corrected chi connectivity index (χ3v) is 7.60. The highest BCUT2D eigenvalue weighted by Gasteiger charge is 2.28. The molecule has 5 rings (SSSR count). The molecule has 2 aliphatic heterocycles. The van der Waals surface area contributed by atoms with E-state index >= 15 is 0 Å². The van der Waals surface area contributed by atoms with Crippen molar-refractivity contribution in [2.45, 2.75) is 38.3 Å². The van der Waals surface area contributed by atoms with Crippen LogP contribution < -0.4 is 5.32 Å². The highest BCUT2D eigenvalue weighted by molar-refractivity contribution is 7.09. The van der Waals surface area contributed by atoms with Gasteiger partial charge in [0.1, 0.15) is 5.75 Å². The van der Waals surface area contributed by atoms with Crippen LogP contribution in [0.2, 0.25) is 0 Å². The van der Waals surface area contributed by atoms with Gasteiger partial charge in [-0.05, 0) is 73.5 Å². The molecule has 0 aliphatic carbocycles. The van der Waals surface area contributed by atoms with E-state index < -0.39 is 0 Å². The van der Waals surface area contributed by atoms with Gasteiger partial charge >= 0.3 is 0 Å². The molecule has 2 aliphatic rings. The molecular formula is C27H32N4OS. The van der Waals surface area contributed by atoms with Crippen molar-refractivity contribution in [3.8, 4) is 16.9 Å². The monoisotopic (exact) mass is 460 g/mol. The number of hydrogen-bond donors (Lipinski definition) is 2. The number of guanidine groups is 1. The first-order valence-electron chi connectivity index (χ1n) is 12.0. The van der Waals surface area contributed by atoms with E-state index in [1.165, 1.54) is 30.8 Å². The molecule has 0 saturated carbocycles. The number of nitrogens with zero attached hydrogens (tertiary/aromatic N) is 3. The average Bonchev–Trinajstić information content (AvgIpc) is 3.58. The minimum atomic E-state index is 0.241. The number of rotatable bonds is 5. The molecule has 0 unspecified atom stereocenters.